The summed E-state index contributed by atoms with van der Waals surface area (Å²) in [6, 6.07) is 21.1. The number of hydrogen-bond acceptors (Lipinski definition) is 6. The van der Waals surface area contributed by atoms with Gasteiger partial charge in [-0.1, -0.05) is 35.9 Å². The molecule has 0 bridgehead atoms. The Bertz CT molecular complexity index is 1500. The zero-order valence-electron chi connectivity index (χ0n) is 23.5. The van der Waals surface area contributed by atoms with E-state index in [1.165, 1.54) is 0 Å². The van der Waals surface area contributed by atoms with E-state index in [1.54, 1.807) is 21.3 Å². The molecule has 0 fully saturated rings. The summed E-state index contributed by atoms with van der Waals surface area (Å²) in [5.74, 6) is 1.22. The van der Waals surface area contributed by atoms with Crippen molar-refractivity contribution < 1.29 is 23.8 Å². The van der Waals surface area contributed by atoms with Crippen LogP contribution in [0, 0.1) is 6.92 Å². The third kappa shape index (κ3) is 5.19. The summed E-state index contributed by atoms with van der Waals surface area (Å²) in [5.41, 5.74) is 6.42. The summed E-state index contributed by atoms with van der Waals surface area (Å²) >= 11 is 0. The lowest BCUT2D eigenvalue weighted by atomic mass is 9.71. The number of Topliss-reactive ketones (excluding diaryl/α,β-unsaturated/α-hetero) is 1. The summed E-state index contributed by atoms with van der Waals surface area (Å²) < 4.78 is 16.3. The zero-order valence-corrected chi connectivity index (χ0v) is 23.5. The topological polar surface area (TPSA) is 85.9 Å². The first kappa shape index (κ1) is 27.1. The number of dihydropyridines is 1. The van der Waals surface area contributed by atoms with E-state index in [1.807, 2.05) is 80.6 Å². The van der Waals surface area contributed by atoms with Gasteiger partial charge >= 0.3 is 0 Å². The molecule has 0 saturated heterocycles. The highest BCUT2D eigenvalue weighted by Crippen LogP contribution is 2.46. The molecule has 0 unspecified atom stereocenters. The Balaban J connectivity index is 1.54. The number of ketones is 1. The van der Waals surface area contributed by atoms with Crippen molar-refractivity contribution in [2.75, 3.05) is 26.6 Å². The van der Waals surface area contributed by atoms with E-state index in [0.29, 0.717) is 46.9 Å². The second-order valence-electron chi connectivity index (χ2n) is 10.2. The third-order valence-corrected chi connectivity index (χ3v) is 7.71. The molecule has 1 heterocycles. The van der Waals surface area contributed by atoms with Crippen LogP contribution in [0.3, 0.4) is 0 Å². The number of benzene rings is 3. The summed E-state index contributed by atoms with van der Waals surface area (Å²) in [5, 5.41) is 6.48. The molecule has 0 saturated carbocycles. The van der Waals surface area contributed by atoms with Gasteiger partial charge in [0.15, 0.2) is 17.3 Å². The second-order valence-corrected chi connectivity index (χ2v) is 10.2. The molecule has 1 aliphatic carbocycles. The van der Waals surface area contributed by atoms with Crippen LogP contribution in [0.4, 0.5) is 5.69 Å². The number of anilines is 1. The molecule has 0 radical (unpaired) electrons. The van der Waals surface area contributed by atoms with Crippen LogP contribution in [0.25, 0.3) is 0 Å². The molecular weight excluding hydrogens is 504 g/mol. The summed E-state index contributed by atoms with van der Waals surface area (Å²) in [6.07, 6.45) is 0.960. The van der Waals surface area contributed by atoms with Gasteiger partial charge in [0.25, 0.3) is 5.91 Å². The minimum Gasteiger partial charge on any atom is -0.497 e. The maximum absolute atomic E-state index is 13.9. The fourth-order valence-corrected chi connectivity index (χ4v) is 5.65. The number of nitrogens with one attached hydrogen (secondary N) is 2. The van der Waals surface area contributed by atoms with E-state index >= 15 is 0 Å². The van der Waals surface area contributed by atoms with E-state index < -0.39 is 5.92 Å². The molecule has 1 aliphatic heterocycles. The highest BCUT2D eigenvalue weighted by Gasteiger charge is 2.41. The predicted octanol–water partition coefficient (Wildman–Crippen LogP) is 6.02. The first-order valence-corrected chi connectivity index (χ1v) is 13.3. The maximum Gasteiger partial charge on any atom is 0.254 e. The number of aryl methyl sites for hydroxylation is 1. The normalized spacial score (nSPS) is 18.6. The molecule has 1 amide bonds. The number of rotatable bonds is 7. The predicted molar refractivity (Wildman–Crippen MR) is 155 cm³/mol. The van der Waals surface area contributed by atoms with E-state index in [-0.39, 0.29) is 17.6 Å². The Morgan fingerprint density at radius 2 is 1.50 bits per heavy atom. The number of amides is 1. The summed E-state index contributed by atoms with van der Waals surface area (Å²) in [4.78, 5) is 27.7. The number of methoxy groups -OCH3 is 3. The molecule has 40 heavy (non-hydrogen) atoms. The average molecular weight is 539 g/mol. The van der Waals surface area contributed by atoms with E-state index in [2.05, 4.69) is 10.6 Å². The fourth-order valence-electron chi connectivity index (χ4n) is 5.65. The highest BCUT2D eigenvalue weighted by atomic mass is 16.5. The Morgan fingerprint density at radius 3 is 2.15 bits per heavy atom. The monoisotopic (exact) mass is 538 g/mol. The number of carbonyl (C=O) groups is 2. The standard InChI is InChI=1S/C33H34N2O5/c1-19-6-11-24(12-7-19)35-33(37)30-20(2)34-26-16-23(22-10-15-28(39-4)29(18-22)40-5)17-27(36)32(26)31(30)21-8-13-25(38-3)14-9-21/h6-15,18,23,31,34H,16-17H2,1-5H3,(H,35,37)/t23-,31+/m1/s1. The average Bonchev–Trinajstić information content (AvgIpc) is 2.97. The Morgan fingerprint density at radius 1 is 0.825 bits per heavy atom. The molecule has 2 aliphatic rings. The minimum absolute atomic E-state index is 0.0162. The van der Waals surface area contributed by atoms with Crippen molar-refractivity contribution in [3.8, 4) is 17.2 Å². The van der Waals surface area contributed by atoms with Crippen molar-refractivity contribution >= 4 is 17.4 Å². The molecule has 7 heteroatoms. The van der Waals surface area contributed by atoms with Crippen molar-refractivity contribution in [1.82, 2.24) is 5.32 Å². The van der Waals surface area contributed by atoms with Gasteiger partial charge in [-0.25, -0.2) is 0 Å². The number of allylic oxidation sites excluding steroid dienone is 3. The molecule has 2 atom stereocenters. The van der Waals surface area contributed by atoms with Gasteiger partial charge in [-0.15, -0.1) is 0 Å². The molecular formula is C33H34N2O5. The van der Waals surface area contributed by atoms with Crippen molar-refractivity contribution in [2.45, 2.75) is 38.5 Å². The zero-order chi connectivity index (χ0) is 28.4. The second kappa shape index (κ2) is 11.3. The molecule has 3 aromatic rings. The van der Waals surface area contributed by atoms with Crippen LogP contribution >= 0.6 is 0 Å². The molecule has 7 nitrogen and oxygen atoms in total. The van der Waals surface area contributed by atoms with Crippen molar-refractivity contribution in [1.29, 1.82) is 0 Å². The van der Waals surface area contributed by atoms with Crippen molar-refractivity contribution in [3.05, 3.63) is 106 Å². The fraction of sp³-hybridized carbons (Fsp3) is 0.273. The van der Waals surface area contributed by atoms with Gasteiger partial charge < -0.3 is 24.8 Å². The van der Waals surface area contributed by atoms with E-state index in [4.69, 9.17) is 14.2 Å². The molecule has 2 N–H and O–H groups in total. The van der Waals surface area contributed by atoms with Gasteiger partial charge in [-0.05, 0) is 73.7 Å². The van der Waals surface area contributed by atoms with E-state index in [0.717, 1.165) is 28.1 Å². The number of hydrogen-bond donors (Lipinski definition) is 2. The lowest BCUT2D eigenvalue weighted by molar-refractivity contribution is -0.116. The van der Waals surface area contributed by atoms with Gasteiger partial charge in [0.1, 0.15) is 5.75 Å². The minimum atomic E-state index is -0.508. The lowest BCUT2D eigenvalue weighted by Crippen LogP contribution is -2.37. The molecule has 3 aromatic carbocycles. The smallest absolute Gasteiger partial charge is 0.254 e. The van der Waals surface area contributed by atoms with Gasteiger partial charge in [0.05, 0.1) is 21.3 Å². The van der Waals surface area contributed by atoms with Crippen LogP contribution in [-0.2, 0) is 9.59 Å². The van der Waals surface area contributed by atoms with Crippen molar-refractivity contribution in [3.63, 3.8) is 0 Å². The van der Waals surface area contributed by atoms with Gasteiger partial charge in [0, 0.05) is 40.6 Å². The quantitative estimate of drug-likeness (QED) is 0.383. The van der Waals surface area contributed by atoms with Crippen LogP contribution in [-0.4, -0.2) is 33.0 Å². The van der Waals surface area contributed by atoms with Crippen LogP contribution in [0.1, 0.15) is 48.3 Å². The van der Waals surface area contributed by atoms with Crippen LogP contribution < -0.4 is 24.8 Å². The largest absolute Gasteiger partial charge is 0.497 e. The molecule has 5 rings (SSSR count). The van der Waals surface area contributed by atoms with Gasteiger partial charge in [0.2, 0.25) is 0 Å². The van der Waals surface area contributed by atoms with Gasteiger partial charge in [-0.2, -0.15) is 0 Å². The number of ether oxygens (including phenoxy) is 3. The molecule has 0 spiro atoms. The SMILES string of the molecule is COc1ccc([C@H]2C(C(=O)Nc3ccc(C)cc3)=C(C)NC3=C2C(=O)C[C@H](c2ccc(OC)c(OC)c2)C3)cc1. The van der Waals surface area contributed by atoms with Crippen LogP contribution in [0.15, 0.2) is 89.3 Å². The summed E-state index contributed by atoms with van der Waals surface area (Å²) in [6.45, 7) is 3.90. The first-order chi connectivity index (χ1) is 19.3. The lowest BCUT2D eigenvalue weighted by Gasteiger charge is -2.37. The first-order valence-electron chi connectivity index (χ1n) is 13.3. The third-order valence-electron chi connectivity index (χ3n) is 7.71. The van der Waals surface area contributed by atoms with Gasteiger partial charge in [-0.3, -0.25) is 9.59 Å². The maximum atomic E-state index is 13.9. The highest BCUT2D eigenvalue weighted by molar-refractivity contribution is 6.10. The Labute approximate surface area is 234 Å². The number of carbonyl (C=O) groups excluding carboxylic acids is 2. The summed E-state index contributed by atoms with van der Waals surface area (Å²) in [7, 11) is 4.82. The Hall–Kier alpha value is -4.52. The Kier molecular flexibility index (Phi) is 7.65. The van der Waals surface area contributed by atoms with Crippen molar-refractivity contribution in [2.24, 2.45) is 0 Å². The molecule has 0 aromatic heterocycles. The van der Waals surface area contributed by atoms with Crippen LogP contribution in [0.2, 0.25) is 0 Å². The van der Waals surface area contributed by atoms with E-state index in [9.17, 15) is 9.59 Å². The van der Waals surface area contributed by atoms with Crippen LogP contribution in [0.5, 0.6) is 17.2 Å². The molecule has 206 valence electrons.